The highest BCUT2D eigenvalue weighted by Crippen LogP contribution is 2.30. The van der Waals surface area contributed by atoms with Gasteiger partial charge in [0.1, 0.15) is 0 Å². The van der Waals surface area contributed by atoms with Gasteiger partial charge in [0, 0.05) is 19.3 Å². The Labute approximate surface area is 124 Å². The van der Waals surface area contributed by atoms with Gasteiger partial charge in [0.05, 0.1) is 11.3 Å². The van der Waals surface area contributed by atoms with Crippen LogP contribution in [-0.2, 0) is 6.18 Å². The average molecular weight is 313 g/mol. The predicted octanol–water partition coefficient (Wildman–Crippen LogP) is 2.00. The van der Waals surface area contributed by atoms with Gasteiger partial charge in [0.25, 0.3) is 5.91 Å². The van der Waals surface area contributed by atoms with Crippen LogP contribution < -0.4 is 5.32 Å². The number of amides is 1. The van der Waals surface area contributed by atoms with Gasteiger partial charge in [-0.25, -0.2) is 4.68 Å². The quantitative estimate of drug-likeness (QED) is 0.830. The molecule has 0 aliphatic rings. The summed E-state index contributed by atoms with van der Waals surface area (Å²) in [6.07, 6.45) is -2.61. The third-order valence-corrected chi connectivity index (χ3v) is 2.88. The topological polar surface area (TPSA) is 67.2 Å². The van der Waals surface area contributed by atoms with E-state index in [4.69, 9.17) is 5.11 Å². The summed E-state index contributed by atoms with van der Waals surface area (Å²) < 4.78 is 39.2. The van der Waals surface area contributed by atoms with Gasteiger partial charge in [-0.05, 0) is 30.7 Å². The number of carbonyl (C=O) groups excluding carboxylic acids is 1. The van der Waals surface area contributed by atoms with Crippen molar-refractivity contribution in [2.24, 2.45) is 0 Å². The maximum absolute atomic E-state index is 12.7. The highest BCUT2D eigenvalue weighted by atomic mass is 19.4. The Morgan fingerprint density at radius 1 is 1.32 bits per heavy atom. The summed E-state index contributed by atoms with van der Waals surface area (Å²) >= 11 is 0. The first-order chi connectivity index (χ1) is 10.4. The number of aliphatic hydroxyl groups excluding tert-OH is 1. The van der Waals surface area contributed by atoms with E-state index >= 15 is 0 Å². The molecule has 0 fully saturated rings. The van der Waals surface area contributed by atoms with Crippen molar-refractivity contribution in [3.8, 4) is 5.69 Å². The van der Waals surface area contributed by atoms with E-state index in [0.29, 0.717) is 13.0 Å². The van der Waals surface area contributed by atoms with Crippen molar-refractivity contribution in [2.75, 3.05) is 13.2 Å². The smallest absolute Gasteiger partial charge is 0.396 e. The number of rotatable bonds is 5. The van der Waals surface area contributed by atoms with Gasteiger partial charge in [0.15, 0.2) is 5.69 Å². The molecule has 0 aliphatic carbocycles. The van der Waals surface area contributed by atoms with Crippen molar-refractivity contribution in [3.05, 3.63) is 47.8 Å². The maximum Gasteiger partial charge on any atom is 0.416 e. The fraction of sp³-hybridized carbons (Fsp3) is 0.286. The van der Waals surface area contributed by atoms with Gasteiger partial charge in [-0.15, -0.1) is 0 Å². The highest BCUT2D eigenvalue weighted by molar-refractivity contribution is 5.92. The van der Waals surface area contributed by atoms with Crippen LogP contribution >= 0.6 is 0 Å². The van der Waals surface area contributed by atoms with Crippen LogP contribution in [0.25, 0.3) is 5.69 Å². The lowest BCUT2D eigenvalue weighted by Gasteiger charge is -2.08. The second-order valence-corrected chi connectivity index (χ2v) is 4.53. The molecule has 1 aromatic carbocycles. The molecule has 0 spiro atoms. The van der Waals surface area contributed by atoms with E-state index < -0.39 is 17.6 Å². The Bertz CT molecular complexity index is 653. The number of nitrogens with one attached hydrogen (secondary N) is 1. The summed E-state index contributed by atoms with van der Waals surface area (Å²) in [6, 6.07) is 6.08. The van der Waals surface area contributed by atoms with Crippen LogP contribution in [0, 0.1) is 0 Å². The second kappa shape index (κ2) is 6.61. The molecular weight excluding hydrogens is 299 g/mol. The van der Waals surface area contributed by atoms with Gasteiger partial charge in [-0.1, -0.05) is 6.07 Å². The molecule has 1 amide bonds. The van der Waals surface area contributed by atoms with Gasteiger partial charge in [0.2, 0.25) is 0 Å². The first-order valence-corrected chi connectivity index (χ1v) is 6.54. The number of benzene rings is 1. The van der Waals surface area contributed by atoms with E-state index in [1.165, 1.54) is 29.1 Å². The summed E-state index contributed by atoms with van der Waals surface area (Å²) in [4.78, 5) is 11.7. The number of aromatic nitrogens is 2. The minimum atomic E-state index is -4.44. The molecule has 1 aromatic heterocycles. The number of hydrogen-bond donors (Lipinski definition) is 2. The van der Waals surface area contributed by atoms with E-state index in [9.17, 15) is 18.0 Å². The zero-order chi connectivity index (χ0) is 16.2. The van der Waals surface area contributed by atoms with Gasteiger partial charge in [-0.3, -0.25) is 4.79 Å². The van der Waals surface area contributed by atoms with E-state index in [1.54, 1.807) is 0 Å². The standard InChI is InChI=1S/C14H14F3N3O2/c15-14(16,17)10-3-1-4-11(9-10)20-7-5-12(19-20)13(22)18-6-2-8-21/h1,3-5,7,9,21H,2,6,8H2,(H,18,22). The number of halogens is 3. The molecule has 0 saturated heterocycles. The molecule has 0 unspecified atom stereocenters. The van der Waals surface area contributed by atoms with Crippen LogP contribution in [0.5, 0.6) is 0 Å². The molecule has 0 aliphatic heterocycles. The lowest BCUT2D eigenvalue weighted by Crippen LogP contribution is -2.25. The van der Waals surface area contributed by atoms with Crippen molar-refractivity contribution in [2.45, 2.75) is 12.6 Å². The van der Waals surface area contributed by atoms with Crippen molar-refractivity contribution in [3.63, 3.8) is 0 Å². The molecule has 1 heterocycles. The van der Waals surface area contributed by atoms with Crippen molar-refractivity contribution < 1.29 is 23.1 Å². The van der Waals surface area contributed by atoms with Crippen molar-refractivity contribution in [1.29, 1.82) is 0 Å². The van der Waals surface area contributed by atoms with Gasteiger partial charge >= 0.3 is 6.18 Å². The summed E-state index contributed by atoms with van der Waals surface area (Å²) in [7, 11) is 0. The fourth-order valence-electron chi connectivity index (χ4n) is 1.79. The lowest BCUT2D eigenvalue weighted by molar-refractivity contribution is -0.137. The molecule has 0 saturated carbocycles. The summed E-state index contributed by atoms with van der Waals surface area (Å²) in [6.45, 7) is 0.255. The zero-order valence-corrected chi connectivity index (χ0v) is 11.5. The minimum absolute atomic E-state index is 0.0427. The van der Waals surface area contributed by atoms with Crippen LogP contribution in [0.4, 0.5) is 13.2 Å². The normalized spacial score (nSPS) is 11.5. The number of aliphatic hydroxyl groups is 1. The maximum atomic E-state index is 12.7. The molecule has 0 bridgehead atoms. The Balaban J connectivity index is 2.16. The van der Waals surface area contributed by atoms with Gasteiger partial charge in [-0.2, -0.15) is 18.3 Å². The molecular formula is C14H14F3N3O2. The molecule has 0 atom stereocenters. The largest absolute Gasteiger partial charge is 0.416 e. The summed E-state index contributed by atoms with van der Waals surface area (Å²) in [5.74, 6) is -0.445. The Morgan fingerprint density at radius 2 is 2.09 bits per heavy atom. The van der Waals surface area contributed by atoms with Crippen LogP contribution in [0.1, 0.15) is 22.5 Å². The van der Waals surface area contributed by atoms with E-state index in [1.807, 2.05) is 0 Å². The average Bonchev–Trinajstić information content (AvgIpc) is 2.96. The van der Waals surface area contributed by atoms with Crippen LogP contribution in [0.15, 0.2) is 36.5 Å². The second-order valence-electron chi connectivity index (χ2n) is 4.53. The monoisotopic (exact) mass is 313 g/mol. The number of alkyl halides is 3. The van der Waals surface area contributed by atoms with Crippen molar-refractivity contribution >= 4 is 5.91 Å². The van der Waals surface area contributed by atoms with E-state index in [0.717, 1.165) is 12.1 Å². The predicted molar refractivity (Wildman–Crippen MR) is 72.6 cm³/mol. The molecule has 8 heteroatoms. The van der Waals surface area contributed by atoms with Gasteiger partial charge < -0.3 is 10.4 Å². The lowest BCUT2D eigenvalue weighted by atomic mass is 10.2. The molecule has 2 aromatic rings. The molecule has 2 N–H and O–H groups in total. The molecule has 2 rings (SSSR count). The van der Waals surface area contributed by atoms with E-state index in [-0.39, 0.29) is 18.0 Å². The minimum Gasteiger partial charge on any atom is -0.396 e. The number of hydrogen-bond acceptors (Lipinski definition) is 3. The first kappa shape index (κ1) is 16.0. The van der Waals surface area contributed by atoms with E-state index in [2.05, 4.69) is 10.4 Å². The molecule has 22 heavy (non-hydrogen) atoms. The molecule has 118 valence electrons. The van der Waals surface area contributed by atoms with Crippen LogP contribution in [-0.4, -0.2) is 33.9 Å². The SMILES string of the molecule is O=C(NCCCO)c1ccn(-c2cccc(C(F)(F)F)c2)n1. The molecule has 0 radical (unpaired) electrons. The van der Waals surface area contributed by atoms with Crippen LogP contribution in [0.2, 0.25) is 0 Å². The third kappa shape index (κ3) is 3.85. The first-order valence-electron chi connectivity index (χ1n) is 6.54. The van der Waals surface area contributed by atoms with Crippen LogP contribution in [0.3, 0.4) is 0 Å². The zero-order valence-electron chi connectivity index (χ0n) is 11.5. The third-order valence-electron chi connectivity index (χ3n) is 2.88. The molecule has 5 nitrogen and oxygen atoms in total. The Morgan fingerprint density at radius 3 is 2.77 bits per heavy atom. The Hall–Kier alpha value is -2.35. The Kier molecular flexibility index (Phi) is 4.81. The highest BCUT2D eigenvalue weighted by Gasteiger charge is 2.30. The fourth-order valence-corrected chi connectivity index (χ4v) is 1.79. The number of carbonyl (C=O) groups is 1. The summed E-state index contributed by atoms with van der Waals surface area (Å²) in [5.41, 5.74) is -0.478. The van der Waals surface area contributed by atoms with Crippen molar-refractivity contribution in [1.82, 2.24) is 15.1 Å². The summed E-state index contributed by atoms with van der Waals surface area (Å²) in [5, 5.41) is 15.1. The number of nitrogens with zero attached hydrogens (tertiary/aromatic N) is 2.